The van der Waals surface area contributed by atoms with Crippen molar-refractivity contribution < 1.29 is 37.4 Å². The van der Waals surface area contributed by atoms with Crippen LogP contribution in [0.2, 0.25) is 0 Å². The van der Waals surface area contributed by atoms with Crippen molar-refractivity contribution in [1.82, 2.24) is 10.6 Å². The van der Waals surface area contributed by atoms with E-state index in [0.29, 0.717) is 23.1 Å². The Morgan fingerprint density at radius 1 is 1.03 bits per heavy atom. The summed E-state index contributed by atoms with van der Waals surface area (Å²) in [5.41, 5.74) is 0.239. The first-order valence-corrected chi connectivity index (χ1v) is 9.15. The van der Waals surface area contributed by atoms with Gasteiger partial charge in [0.25, 0.3) is 11.8 Å². The quantitative estimate of drug-likeness (QED) is 0.584. The Balaban J connectivity index is 1.83. The maximum Gasteiger partial charge on any atom is 0.325 e. The third-order valence-corrected chi connectivity index (χ3v) is 4.21. The second-order valence-electron chi connectivity index (χ2n) is 6.36. The zero-order chi connectivity index (χ0) is 23.0. The summed E-state index contributed by atoms with van der Waals surface area (Å²) in [6.07, 6.45) is 0. The Morgan fingerprint density at radius 3 is 2.42 bits per heavy atom. The summed E-state index contributed by atoms with van der Waals surface area (Å²) in [5, 5.41) is 4.80. The number of rotatable bonds is 9. The molecule has 2 aromatic carbocycles. The molecule has 2 rings (SSSR count). The van der Waals surface area contributed by atoms with Crippen LogP contribution < -0.4 is 20.1 Å². The fourth-order valence-corrected chi connectivity index (χ4v) is 2.66. The topological polar surface area (TPSA) is 103 Å². The summed E-state index contributed by atoms with van der Waals surface area (Å²) in [5.74, 6) is -3.18. The highest BCUT2D eigenvalue weighted by Crippen LogP contribution is 2.29. The van der Waals surface area contributed by atoms with Crippen LogP contribution in [0, 0.1) is 11.6 Å². The van der Waals surface area contributed by atoms with Crippen LogP contribution in [0.1, 0.15) is 28.9 Å². The average molecular weight is 436 g/mol. The molecule has 8 nitrogen and oxygen atoms in total. The molecule has 10 heteroatoms. The summed E-state index contributed by atoms with van der Waals surface area (Å²) in [4.78, 5) is 35.7. The molecule has 1 unspecified atom stereocenters. The Kier molecular flexibility index (Phi) is 8.30. The van der Waals surface area contributed by atoms with E-state index in [1.807, 2.05) is 0 Å². The number of nitrogens with one attached hydrogen (secondary N) is 2. The minimum Gasteiger partial charge on any atom is -0.497 e. The smallest absolute Gasteiger partial charge is 0.325 e. The van der Waals surface area contributed by atoms with Crippen molar-refractivity contribution in [1.29, 1.82) is 0 Å². The first kappa shape index (κ1) is 23.6. The van der Waals surface area contributed by atoms with E-state index in [2.05, 4.69) is 10.6 Å². The van der Waals surface area contributed by atoms with Crippen molar-refractivity contribution in [2.45, 2.75) is 13.0 Å². The molecule has 166 valence electrons. The number of carbonyl (C=O) groups excluding carboxylic acids is 3. The molecule has 0 aliphatic rings. The molecule has 1 atom stereocenters. The minimum absolute atomic E-state index is 0.423. The van der Waals surface area contributed by atoms with Crippen LogP contribution in [-0.2, 0) is 14.3 Å². The molecule has 0 spiro atoms. The second-order valence-corrected chi connectivity index (χ2v) is 6.36. The molecule has 0 saturated carbocycles. The van der Waals surface area contributed by atoms with Crippen molar-refractivity contribution in [2.24, 2.45) is 0 Å². The zero-order valence-electron chi connectivity index (χ0n) is 17.2. The molecule has 0 radical (unpaired) electrons. The Labute approximate surface area is 177 Å². The third kappa shape index (κ3) is 6.66. The molecular formula is C21H22F2N2O6. The number of amides is 2. The number of carbonyl (C=O) groups is 3. The van der Waals surface area contributed by atoms with Crippen LogP contribution in [0.5, 0.6) is 11.5 Å². The molecule has 31 heavy (non-hydrogen) atoms. The molecule has 0 heterocycles. The molecular weight excluding hydrogens is 414 g/mol. The maximum atomic E-state index is 13.6. The minimum atomic E-state index is -1.06. The Morgan fingerprint density at radius 2 is 1.77 bits per heavy atom. The van der Waals surface area contributed by atoms with Gasteiger partial charge in [0.05, 0.1) is 25.8 Å². The van der Waals surface area contributed by atoms with Crippen LogP contribution in [0.4, 0.5) is 8.78 Å². The van der Waals surface area contributed by atoms with Gasteiger partial charge in [0.2, 0.25) is 0 Å². The van der Waals surface area contributed by atoms with Gasteiger partial charge in [-0.2, -0.15) is 0 Å². The Bertz CT molecular complexity index is 967. The molecule has 2 aromatic rings. The van der Waals surface area contributed by atoms with E-state index in [4.69, 9.17) is 14.2 Å². The lowest BCUT2D eigenvalue weighted by molar-refractivity contribution is -0.147. The standard InChI is InChI=1S/C21H22F2N2O6/c1-12(16-9-14(29-2)5-7-18(16)30-3)25-19(26)11-31-20(27)10-24-21(28)15-6-4-13(22)8-17(15)23/h4-9,12H,10-11H2,1-3H3,(H,24,28)(H,25,26). The van der Waals surface area contributed by atoms with E-state index in [-0.39, 0.29) is 0 Å². The van der Waals surface area contributed by atoms with Crippen LogP contribution in [0.15, 0.2) is 36.4 Å². The number of esters is 1. The molecule has 0 aliphatic heterocycles. The molecule has 0 fully saturated rings. The van der Waals surface area contributed by atoms with Gasteiger partial charge in [0.1, 0.15) is 29.7 Å². The lowest BCUT2D eigenvalue weighted by Crippen LogP contribution is -2.35. The van der Waals surface area contributed by atoms with Crippen molar-refractivity contribution in [3.63, 3.8) is 0 Å². The van der Waals surface area contributed by atoms with Crippen LogP contribution in [0.3, 0.4) is 0 Å². The van der Waals surface area contributed by atoms with Gasteiger partial charge in [0.15, 0.2) is 6.61 Å². The molecule has 0 saturated heterocycles. The lowest BCUT2D eigenvalue weighted by Gasteiger charge is -2.18. The van der Waals surface area contributed by atoms with Crippen LogP contribution >= 0.6 is 0 Å². The van der Waals surface area contributed by atoms with Crippen molar-refractivity contribution >= 4 is 17.8 Å². The number of ether oxygens (including phenoxy) is 3. The second kappa shape index (κ2) is 10.9. The number of halogens is 2. The van der Waals surface area contributed by atoms with Crippen molar-refractivity contribution in [3.8, 4) is 11.5 Å². The van der Waals surface area contributed by atoms with Gasteiger partial charge in [-0.3, -0.25) is 14.4 Å². The summed E-state index contributed by atoms with van der Waals surface area (Å²) in [6.45, 7) is 0.535. The van der Waals surface area contributed by atoms with Gasteiger partial charge in [-0.05, 0) is 37.3 Å². The van der Waals surface area contributed by atoms with E-state index in [0.717, 1.165) is 12.1 Å². The predicted molar refractivity (Wildman–Crippen MR) is 106 cm³/mol. The maximum absolute atomic E-state index is 13.6. The Hall–Kier alpha value is -3.69. The van der Waals surface area contributed by atoms with Gasteiger partial charge in [-0.15, -0.1) is 0 Å². The van der Waals surface area contributed by atoms with Gasteiger partial charge < -0.3 is 24.8 Å². The molecule has 2 N–H and O–H groups in total. The molecule has 0 aliphatic carbocycles. The van der Waals surface area contributed by atoms with E-state index in [9.17, 15) is 23.2 Å². The summed E-state index contributed by atoms with van der Waals surface area (Å²) >= 11 is 0. The number of hydrogen-bond acceptors (Lipinski definition) is 6. The van der Waals surface area contributed by atoms with E-state index < -0.39 is 54.2 Å². The monoisotopic (exact) mass is 436 g/mol. The van der Waals surface area contributed by atoms with Crippen LogP contribution in [0.25, 0.3) is 0 Å². The molecule has 2 amide bonds. The SMILES string of the molecule is COc1ccc(OC)c(C(C)NC(=O)COC(=O)CNC(=O)c2ccc(F)cc2F)c1. The van der Waals surface area contributed by atoms with Gasteiger partial charge in [0, 0.05) is 11.6 Å². The third-order valence-electron chi connectivity index (χ3n) is 4.21. The number of hydrogen-bond donors (Lipinski definition) is 2. The largest absolute Gasteiger partial charge is 0.497 e. The summed E-state index contributed by atoms with van der Waals surface area (Å²) in [7, 11) is 3.01. The molecule has 0 aromatic heterocycles. The summed E-state index contributed by atoms with van der Waals surface area (Å²) < 4.78 is 41.7. The zero-order valence-corrected chi connectivity index (χ0v) is 17.2. The van der Waals surface area contributed by atoms with Gasteiger partial charge in [-0.25, -0.2) is 8.78 Å². The fraction of sp³-hybridized carbons (Fsp3) is 0.286. The van der Waals surface area contributed by atoms with Crippen LogP contribution in [-0.4, -0.2) is 45.2 Å². The van der Waals surface area contributed by atoms with E-state index >= 15 is 0 Å². The first-order valence-electron chi connectivity index (χ1n) is 9.15. The summed E-state index contributed by atoms with van der Waals surface area (Å²) in [6, 6.07) is 7.06. The van der Waals surface area contributed by atoms with Crippen molar-refractivity contribution in [3.05, 3.63) is 59.2 Å². The highest BCUT2D eigenvalue weighted by atomic mass is 19.1. The number of methoxy groups -OCH3 is 2. The van der Waals surface area contributed by atoms with Crippen molar-refractivity contribution in [2.75, 3.05) is 27.4 Å². The first-order chi connectivity index (χ1) is 14.7. The average Bonchev–Trinajstić information content (AvgIpc) is 2.75. The van der Waals surface area contributed by atoms with E-state index in [1.165, 1.54) is 14.2 Å². The highest BCUT2D eigenvalue weighted by molar-refractivity contribution is 5.96. The van der Waals surface area contributed by atoms with E-state index in [1.54, 1.807) is 25.1 Å². The predicted octanol–water partition coefficient (Wildman–Crippen LogP) is 2.13. The van der Waals surface area contributed by atoms with Gasteiger partial charge in [-0.1, -0.05) is 0 Å². The lowest BCUT2D eigenvalue weighted by atomic mass is 10.1. The van der Waals surface area contributed by atoms with Gasteiger partial charge >= 0.3 is 5.97 Å². The molecule has 0 bridgehead atoms. The highest BCUT2D eigenvalue weighted by Gasteiger charge is 2.17. The number of benzene rings is 2. The fourth-order valence-electron chi connectivity index (χ4n) is 2.66. The normalized spacial score (nSPS) is 11.3.